The number of nitro groups is 1. The lowest BCUT2D eigenvalue weighted by molar-refractivity contribution is -0.385. The molecule has 2 heterocycles. The zero-order valence-corrected chi connectivity index (χ0v) is 11.8. The monoisotopic (exact) mass is 308 g/mol. The molecule has 0 spiro atoms. The van der Waals surface area contributed by atoms with Gasteiger partial charge in [-0.25, -0.2) is 5.84 Å². The van der Waals surface area contributed by atoms with Crippen molar-refractivity contribution in [3.05, 3.63) is 60.2 Å². The maximum atomic E-state index is 11.9. The first kappa shape index (κ1) is 14.9. The van der Waals surface area contributed by atoms with Gasteiger partial charge in [0.05, 0.1) is 22.5 Å². The fraction of sp³-hybridized carbons (Fsp3) is 0.167. The van der Waals surface area contributed by atoms with Crippen LogP contribution in [-0.4, -0.2) is 15.4 Å². The van der Waals surface area contributed by atoms with Crippen LogP contribution < -0.4 is 16.8 Å². The molecule has 9 heteroatoms. The number of rotatable bonds is 4. The molecule has 2 aromatic rings. The predicted octanol–water partition coefficient (Wildman–Crippen LogP) is 0.778. The summed E-state index contributed by atoms with van der Waals surface area (Å²) >= 11 is 1.18. The third kappa shape index (κ3) is 2.98. The largest absolute Gasteiger partial charge is 0.304 e. The van der Waals surface area contributed by atoms with E-state index in [1.165, 1.54) is 35.1 Å². The molecule has 0 aromatic carbocycles. The average molecular weight is 308 g/mol. The number of thiophene rings is 1. The van der Waals surface area contributed by atoms with Crippen LogP contribution in [0.2, 0.25) is 0 Å². The van der Waals surface area contributed by atoms with E-state index >= 15 is 0 Å². The summed E-state index contributed by atoms with van der Waals surface area (Å²) in [6, 6.07) is 2.88. The lowest BCUT2D eigenvalue weighted by Gasteiger charge is -2.07. The smallest absolute Gasteiger partial charge is 0.288 e. The Hall–Kier alpha value is -2.52. The molecule has 0 saturated heterocycles. The number of nitrogens with zero attached hydrogens (tertiary/aromatic N) is 2. The number of nitrogens with one attached hydrogen (secondary N) is 1. The molecule has 1 amide bonds. The molecule has 2 aromatic heterocycles. The number of hydrogen-bond acceptors (Lipinski definition) is 6. The van der Waals surface area contributed by atoms with Crippen molar-refractivity contribution < 1.29 is 9.72 Å². The van der Waals surface area contributed by atoms with Crippen molar-refractivity contribution in [2.75, 3.05) is 0 Å². The Morgan fingerprint density at radius 1 is 1.57 bits per heavy atom. The maximum Gasteiger partial charge on any atom is 0.288 e. The number of nitrogen functional groups attached to an aromatic ring is 1. The molecule has 0 aliphatic heterocycles. The maximum absolute atomic E-state index is 11.9. The molecule has 0 aliphatic carbocycles. The van der Waals surface area contributed by atoms with Gasteiger partial charge in [0.1, 0.15) is 0 Å². The zero-order chi connectivity index (χ0) is 15.6. The van der Waals surface area contributed by atoms with Crippen molar-refractivity contribution in [2.45, 2.75) is 13.5 Å². The van der Waals surface area contributed by atoms with E-state index in [-0.39, 0.29) is 17.8 Å². The van der Waals surface area contributed by atoms with E-state index < -0.39 is 10.8 Å². The van der Waals surface area contributed by atoms with Gasteiger partial charge in [0.25, 0.3) is 17.2 Å². The van der Waals surface area contributed by atoms with E-state index in [9.17, 15) is 19.7 Å². The number of amides is 1. The van der Waals surface area contributed by atoms with Gasteiger partial charge in [-0.05, 0) is 23.9 Å². The Balaban J connectivity index is 2.43. The van der Waals surface area contributed by atoms with Gasteiger partial charge in [-0.1, -0.05) is 0 Å². The number of hydrogen-bond donors (Lipinski definition) is 2. The van der Waals surface area contributed by atoms with E-state index in [4.69, 9.17) is 5.84 Å². The zero-order valence-electron chi connectivity index (χ0n) is 11.0. The summed E-state index contributed by atoms with van der Waals surface area (Å²) in [6.07, 6.45) is 1.18. The molecule has 2 rings (SSSR count). The molecule has 0 unspecified atom stereocenters. The summed E-state index contributed by atoms with van der Waals surface area (Å²) in [5.41, 5.74) is 2.38. The lowest BCUT2D eigenvalue weighted by atomic mass is 10.2. The quantitative estimate of drug-likeness (QED) is 0.374. The SMILES string of the molecule is Cc1cc(=O)n(Cc2ccsc2C(=O)NN)cc1[N+](=O)[O-]. The highest BCUT2D eigenvalue weighted by molar-refractivity contribution is 7.12. The van der Waals surface area contributed by atoms with Crippen molar-refractivity contribution in [1.29, 1.82) is 0 Å². The number of nitrogens with two attached hydrogens (primary N) is 1. The molecular weight excluding hydrogens is 296 g/mol. The first-order valence-electron chi connectivity index (χ1n) is 5.87. The second kappa shape index (κ2) is 5.85. The minimum atomic E-state index is -0.549. The first-order chi connectivity index (χ1) is 9.93. The minimum absolute atomic E-state index is 0.0617. The van der Waals surface area contributed by atoms with Crippen molar-refractivity contribution in [1.82, 2.24) is 9.99 Å². The first-order valence-corrected chi connectivity index (χ1v) is 6.74. The van der Waals surface area contributed by atoms with Crippen LogP contribution in [0.1, 0.15) is 20.8 Å². The number of hydrazine groups is 1. The van der Waals surface area contributed by atoms with E-state index in [0.29, 0.717) is 16.0 Å². The van der Waals surface area contributed by atoms with Gasteiger partial charge in [-0.2, -0.15) is 0 Å². The molecule has 0 saturated carbocycles. The van der Waals surface area contributed by atoms with Crippen molar-refractivity contribution in [3.8, 4) is 0 Å². The van der Waals surface area contributed by atoms with Crippen LogP contribution in [0, 0.1) is 17.0 Å². The molecular formula is C12H12N4O4S. The Labute approximate surface area is 122 Å². The number of carbonyl (C=O) groups is 1. The summed E-state index contributed by atoms with van der Waals surface area (Å²) in [5, 5.41) is 12.6. The van der Waals surface area contributed by atoms with Crippen LogP contribution in [0.4, 0.5) is 5.69 Å². The summed E-state index contributed by atoms with van der Waals surface area (Å²) in [6.45, 7) is 1.56. The Morgan fingerprint density at radius 2 is 2.29 bits per heavy atom. The van der Waals surface area contributed by atoms with Crippen LogP contribution in [0.5, 0.6) is 0 Å². The Kier molecular flexibility index (Phi) is 4.15. The van der Waals surface area contributed by atoms with Gasteiger partial charge < -0.3 is 4.57 Å². The summed E-state index contributed by atoms with van der Waals surface area (Å²) in [7, 11) is 0. The van der Waals surface area contributed by atoms with E-state index in [0.717, 1.165) is 0 Å². The molecule has 110 valence electrons. The number of aryl methyl sites for hydroxylation is 1. The van der Waals surface area contributed by atoms with Crippen LogP contribution in [0.15, 0.2) is 28.5 Å². The number of aromatic nitrogens is 1. The van der Waals surface area contributed by atoms with Gasteiger partial charge in [-0.3, -0.25) is 25.1 Å². The van der Waals surface area contributed by atoms with E-state index in [2.05, 4.69) is 0 Å². The third-order valence-corrected chi connectivity index (χ3v) is 3.88. The van der Waals surface area contributed by atoms with Crippen LogP contribution in [-0.2, 0) is 6.54 Å². The van der Waals surface area contributed by atoms with E-state index in [1.54, 1.807) is 11.4 Å². The molecule has 0 bridgehead atoms. The second-order valence-electron chi connectivity index (χ2n) is 4.31. The second-order valence-corrected chi connectivity index (χ2v) is 5.23. The summed E-state index contributed by atoms with van der Waals surface area (Å²) < 4.78 is 1.19. The van der Waals surface area contributed by atoms with Crippen molar-refractivity contribution in [3.63, 3.8) is 0 Å². The summed E-state index contributed by atoms with van der Waals surface area (Å²) in [5.74, 6) is 4.63. The summed E-state index contributed by atoms with van der Waals surface area (Å²) in [4.78, 5) is 34.2. The van der Waals surface area contributed by atoms with Crippen LogP contribution in [0.3, 0.4) is 0 Å². The van der Waals surface area contributed by atoms with Gasteiger partial charge in [0.2, 0.25) is 0 Å². The fourth-order valence-electron chi connectivity index (χ4n) is 1.88. The third-order valence-electron chi connectivity index (χ3n) is 2.93. The molecule has 3 N–H and O–H groups in total. The predicted molar refractivity (Wildman–Crippen MR) is 77.2 cm³/mol. The molecule has 0 fully saturated rings. The van der Waals surface area contributed by atoms with E-state index in [1.807, 2.05) is 5.43 Å². The van der Waals surface area contributed by atoms with Crippen molar-refractivity contribution >= 4 is 22.9 Å². The number of pyridine rings is 1. The molecule has 21 heavy (non-hydrogen) atoms. The minimum Gasteiger partial charge on any atom is -0.304 e. The highest BCUT2D eigenvalue weighted by Crippen LogP contribution is 2.19. The van der Waals surface area contributed by atoms with Gasteiger partial charge in [0, 0.05) is 11.6 Å². The normalized spacial score (nSPS) is 10.4. The van der Waals surface area contributed by atoms with Crippen LogP contribution >= 0.6 is 11.3 Å². The highest BCUT2D eigenvalue weighted by atomic mass is 32.1. The fourth-order valence-corrected chi connectivity index (χ4v) is 2.70. The standard InChI is InChI=1S/C12H12N4O4S/c1-7-4-10(17)15(6-9(7)16(19)20)5-8-2-3-21-11(8)12(18)14-13/h2-4,6H,5,13H2,1H3,(H,14,18). The average Bonchev–Trinajstić information content (AvgIpc) is 2.88. The number of carbonyl (C=O) groups excluding carboxylic acids is 1. The lowest BCUT2D eigenvalue weighted by Crippen LogP contribution is -2.30. The molecule has 0 aliphatic rings. The van der Waals surface area contributed by atoms with Crippen LogP contribution in [0.25, 0.3) is 0 Å². The Bertz CT molecular complexity index is 765. The molecule has 8 nitrogen and oxygen atoms in total. The van der Waals surface area contributed by atoms with Gasteiger partial charge in [0.15, 0.2) is 0 Å². The topological polar surface area (TPSA) is 120 Å². The molecule has 0 atom stereocenters. The highest BCUT2D eigenvalue weighted by Gasteiger charge is 2.16. The van der Waals surface area contributed by atoms with Gasteiger partial charge >= 0.3 is 0 Å². The Morgan fingerprint density at radius 3 is 2.90 bits per heavy atom. The van der Waals surface area contributed by atoms with Crippen molar-refractivity contribution in [2.24, 2.45) is 5.84 Å². The van der Waals surface area contributed by atoms with Gasteiger partial charge in [-0.15, -0.1) is 11.3 Å². The molecule has 0 radical (unpaired) electrons.